The highest BCUT2D eigenvalue weighted by atomic mass is 19.4. The number of amides is 1. The van der Waals surface area contributed by atoms with Gasteiger partial charge in [0.05, 0.1) is 11.4 Å². The van der Waals surface area contributed by atoms with Crippen LogP contribution in [0.2, 0.25) is 0 Å². The zero-order valence-electron chi connectivity index (χ0n) is 24.8. The van der Waals surface area contributed by atoms with Crippen molar-refractivity contribution in [1.82, 2.24) is 14.9 Å². The van der Waals surface area contributed by atoms with Crippen LogP contribution in [0.25, 0.3) is 10.9 Å². The third-order valence-corrected chi connectivity index (χ3v) is 10.6. The second-order valence-electron chi connectivity index (χ2n) is 13.6. The van der Waals surface area contributed by atoms with E-state index in [0.717, 1.165) is 59.7 Å². The van der Waals surface area contributed by atoms with Crippen LogP contribution in [0.1, 0.15) is 108 Å². The van der Waals surface area contributed by atoms with Gasteiger partial charge in [-0.1, -0.05) is 46.0 Å². The molecule has 2 aromatic heterocycles. The van der Waals surface area contributed by atoms with E-state index in [2.05, 4.69) is 25.2 Å². The van der Waals surface area contributed by atoms with E-state index >= 15 is 0 Å². The molecular formula is C33H46F3N3O2. The lowest BCUT2D eigenvalue weighted by molar-refractivity contribution is -0.186. The van der Waals surface area contributed by atoms with Gasteiger partial charge in [0.15, 0.2) is 0 Å². The number of pyridine rings is 2. The number of hydrogen-bond acceptors (Lipinski definition) is 3. The minimum Gasteiger partial charge on any atom is -0.353 e. The van der Waals surface area contributed by atoms with Crippen LogP contribution in [-0.4, -0.2) is 27.7 Å². The lowest BCUT2D eigenvalue weighted by Crippen LogP contribution is -2.45. The monoisotopic (exact) mass is 573 g/mol. The quantitative estimate of drug-likeness (QED) is 0.390. The molecule has 0 aromatic carbocycles. The molecule has 0 aliphatic heterocycles. The van der Waals surface area contributed by atoms with Crippen LogP contribution in [0.15, 0.2) is 23.1 Å². The van der Waals surface area contributed by atoms with Crippen LogP contribution in [-0.2, 0) is 18.3 Å². The normalized spacial score (nSPS) is 31.2. The molecule has 0 radical (unpaired) electrons. The Kier molecular flexibility index (Phi) is 9.15. The van der Waals surface area contributed by atoms with E-state index in [1.807, 2.05) is 19.3 Å². The Balaban J connectivity index is 1.27. The summed E-state index contributed by atoms with van der Waals surface area (Å²) in [6.45, 7) is 4.49. The highest BCUT2D eigenvalue weighted by molar-refractivity contribution is 5.80. The number of aryl methyl sites for hydroxylation is 2. The van der Waals surface area contributed by atoms with Gasteiger partial charge in [-0.05, 0) is 87.2 Å². The summed E-state index contributed by atoms with van der Waals surface area (Å²) >= 11 is 0. The molecule has 3 saturated carbocycles. The van der Waals surface area contributed by atoms with Crippen molar-refractivity contribution in [2.75, 3.05) is 0 Å². The highest BCUT2D eigenvalue weighted by Gasteiger charge is 2.44. The van der Waals surface area contributed by atoms with Crippen molar-refractivity contribution in [1.29, 1.82) is 0 Å². The maximum Gasteiger partial charge on any atom is 0.391 e. The largest absolute Gasteiger partial charge is 0.391 e. The van der Waals surface area contributed by atoms with Gasteiger partial charge in [-0.25, -0.2) is 0 Å². The predicted molar refractivity (Wildman–Crippen MR) is 156 cm³/mol. The van der Waals surface area contributed by atoms with E-state index in [4.69, 9.17) is 4.98 Å². The first-order valence-corrected chi connectivity index (χ1v) is 15.8. The van der Waals surface area contributed by atoms with Crippen LogP contribution in [0.5, 0.6) is 0 Å². The molecule has 226 valence electrons. The SMILES string of the molecule is CC1CCC(CCc2cc3c(cn2)cc(C2CC(NC(=O)C4CCCC(C(F)(F)F)C4)CCC2C)c(=O)n3C)CC1. The van der Waals surface area contributed by atoms with Gasteiger partial charge in [-0.3, -0.25) is 14.6 Å². The van der Waals surface area contributed by atoms with Crippen LogP contribution < -0.4 is 10.9 Å². The van der Waals surface area contributed by atoms with Gasteiger partial charge < -0.3 is 9.88 Å². The fourth-order valence-corrected chi connectivity index (χ4v) is 7.73. The number of alkyl halides is 3. The van der Waals surface area contributed by atoms with Gasteiger partial charge in [0.2, 0.25) is 5.91 Å². The molecule has 2 aromatic rings. The van der Waals surface area contributed by atoms with Gasteiger partial charge in [-0.2, -0.15) is 13.2 Å². The molecule has 3 aliphatic rings. The van der Waals surface area contributed by atoms with E-state index in [9.17, 15) is 22.8 Å². The smallest absolute Gasteiger partial charge is 0.353 e. The molecule has 5 atom stereocenters. The van der Waals surface area contributed by atoms with Gasteiger partial charge >= 0.3 is 6.18 Å². The van der Waals surface area contributed by atoms with Crippen molar-refractivity contribution in [3.05, 3.63) is 39.9 Å². The van der Waals surface area contributed by atoms with Crippen LogP contribution in [0.3, 0.4) is 0 Å². The van der Waals surface area contributed by atoms with Gasteiger partial charge in [-0.15, -0.1) is 0 Å². The van der Waals surface area contributed by atoms with Crippen molar-refractivity contribution >= 4 is 16.8 Å². The zero-order chi connectivity index (χ0) is 29.3. The Hall–Kier alpha value is -2.38. The van der Waals surface area contributed by atoms with E-state index in [1.54, 1.807) is 4.57 Å². The fourth-order valence-electron chi connectivity index (χ4n) is 7.73. The average Bonchev–Trinajstić information content (AvgIpc) is 2.95. The Morgan fingerprint density at radius 2 is 1.78 bits per heavy atom. The summed E-state index contributed by atoms with van der Waals surface area (Å²) in [7, 11) is 1.83. The molecule has 5 rings (SSSR count). The van der Waals surface area contributed by atoms with E-state index < -0.39 is 18.0 Å². The second kappa shape index (κ2) is 12.5. The summed E-state index contributed by atoms with van der Waals surface area (Å²) in [6, 6.07) is 3.91. The van der Waals surface area contributed by atoms with Gasteiger partial charge in [0, 0.05) is 41.8 Å². The lowest BCUT2D eigenvalue weighted by Gasteiger charge is -2.36. The third kappa shape index (κ3) is 6.99. The molecule has 1 amide bonds. The van der Waals surface area contributed by atoms with Crippen LogP contribution in [0, 0.1) is 29.6 Å². The molecule has 0 bridgehead atoms. The molecule has 0 spiro atoms. The summed E-state index contributed by atoms with van der Waals surface area (Å²) in [5.41, 5.74) is 2.65. The Labute approximate surface area is 241 Å². The van der Waals surface area contributed by atoms with Crippen LogP contribution in [0.4, 0.5) is 13.2 Å². The standard InChI is InChI=1S/C33H46F3N3O2/c1-20-7-10-22(11-8-20)12-14-26-18-30-24(19-37-26)16-29(32(41)39(30)3)28-17-27(13-9-21(28)2)38-31(40)23-5-4-6-25(15-23)33(34,35)36/h16,18-23,25,27-28H,4-15,17H2,1-3H3,(H,38,40). The van der Waals surface area contributed by atoms with Crippen molar-refractivity contribution in [3.8, 4) is 0 Å². The molecule has 5 nitrogen and oxygen atoms in total. The summed E-state index contributed by atoms with van der Waals surface area (Å²) < 4.78 is 41.6. The maximum atomic E-state index is 13.6. The molecule has 2 heterocycles. The minimum atomic E-state index is -4.25. The van der Waals surface area contributed by atoms with E-state index in [-0.39, 0.29) is 42.2 Å². The minimum absolute atomic E-state index is 0.0138. The molecule has 1 N–H and O–H groups in total. The number of carbonyl (C=O) groups excluding carboxylic acids is 1. The van der Waals surface area contributed by atoms with Gasteiger partial charge in [0.25, 0.3) is 5.56 Å². The summed E-state index contributed by atoms with van der Waals surface area (Å²) in [5, 5.41) is 4.02. The van der Waals surface area contributed by atoms with Crippen molar-refractivity contribution in [3.63, 3.8) is 0 Å². The molecule has 0 saturated heterocycles. The Morgan fingerprint density at radius 1 is 1.02 bits per heavy atom. The molecule has 41 heavy (non-hydrogen) atoms. The topological polar surface area (TPSA) is 64.0 Å². The zero-order valence-corrected chi connectivity index (χ0v) is 24.8. The highest BCUT2D eigenvalue weighted by Crippen LogP contribution is 2.41. The van der Waals surface area contributed by atoms with Crippen molar-refractivity contribution in [2.24, 2.45) is 36.6 Å². The number of fused-ring (bicyclic) bond motifs is 1. The fraction of sp³-hybridized carbons (Fsp3) is 0.727. The maximum absolute atomic E-state index is 13.6. The van der Waals surface area contributed by atoms with E-state index in [1.165, 1.54) is 25.7 Å². The summed E-state index contributed by atoms with van der Waals surface area (Å²) in [5.74, 6) is -0.401. The van der Waals surface area contributed by atoms with Crippen LogP contribution >= 0.6 is 0 Å². The van der Waals surface area contributed by atoms with Crippen molar-refractivity contribution < 1.29 is 18.0 Å². The Bertz CT molecular complexity index is 1280. The second-order valence-corrected chi connectivity index (χ2v) is 13.6. The average molecular weight is 574 g/mol. The van der Waals surface area contributed by atoms with Gasteiger partial charge in [0.1, 0.15) is 0 Å². The number of rotatable bonds is 6. The number of nitrogens with zero attached hydrogens (tertiary/aromatic N) is 2. The number of hydrogen-bond donors (Lipinski definition) is 1. The number of nitrogens with one attached hydrogen (secondary N) is 1. The molecular weight excluding hydrogens is 527 g/mol. The number of aromatic nitrogens is 2. The summed E-state index contributed by atoms with van der Waals surface area (Å²) in [6.07, 6.45) is 8.10. The summed E-state index contributed by atoms with van der Waals surface area (Å²) in [4.78, 5) is 31.4. The molecule has 5 unspecified atom stereocenters. The first-order valence-electron chi connectivity index (χ1n) is 15.8. The number of carbonyl (C=O) groups is 1. The van der Waals surface area contributed by atoms with Crippen molar-refractivity contribution in [2.45, 2.75) is 115 Å². The van der Waals surface area contributed by atoms with E-state index in [0.29, 0.717) is 19.3 Å². The lowest BCUT2D eigenvalue weighted by atomic mass is 9.74. The number of halogens is 3. The predicted octanol–water partition coefficient (Wildman–Crippen LogP) is 7.45. The first kappa shape index (κ1) is 30.1. The Morgan fingerprint density at radius 3 is 2.51 bits per heavy atom. The molecule has 8 heteroatoms. The molecule has 3 aliphatic carbocycles. The first-order chi connectivity index (χ1) is 19.5. The molecule has 3 fully saturated rings. The third-order valence-electron chi connectivity index (χ3n) is 10.6.